The van der Waals surface area contributed by atoms with Gasteiger partial charge in [0.2, 0.25) is 5.91 Å². The fraction of sp³-hybridized carbons (Fsp3) is 0.304. The summed E-state index contributed by atoms with van der Waals surface area (Å²) in [5.74, 6) is 2.30. The molecule has 3 aromatic heterocycles. The maximum atomic E-state index is 13.2. The summed E-state index contributed by atoms with van der Waals surface area (Å²) in [5, 5.41) is 15.5. The maximum Gasteiger partial charge on any atom is 0.247 e. The monoisotopic (exact) mass is 416 g/mol. The Morgan fingerprint density at radius 1 is 1.10 bits per heavy atom. The minimum absolute atomic E-state index is 0.106. The second-order valence-corrected chi connectivity index (χ2v) is 7.92. The van der Waals surface area contributed by atoms with Crippen molar-refractivity contribution < 1.29 is 9.32 Å². The lowest BCUT2D eigenvalue weighted by Crippen LogP contribution is -2.42. The first-order chi connectivity index (χ1) is 15.2. The van der Waals surface area contributed by atoms with Crippen molar-refractivity contribution >= 4 is 17.4 Å². The van der Waals surface area contributed by atoms with E-state index in [2.05, 4.69) is 30.0 Å². The van der Waals surface area contributed by atoms with Gasteiger partial charge in [-0.05, 0) is 50.6 Å². The van der Waals surface area contributed by atoms with E-state index < -0.39 is 6.04 Å². The number of aryl methyl sites for hydroxylation is 1. The molecule has 0 radical (unpaired) electrons. The molecule has 0 saturated carbocycles. The normalized spacial score (nSPS) is 16.4. The van der Waals surface area contributed by atoms with Gasteiger partial charge in [0.05, 0.1) is 0 Å². The molecule has 1 unspecified atom stereocenters. The van der Waals surface area contributed by atoms with Crippen LogP contribution in [0, 0.1) is 6.92 Å². The van der Waals surface area contributed by atoms with E-state index in [1.165, 1.54) is 0 Å². The Morgan fingerprint density at radius 2 is 1.87 bits per heavy atom. The molecule has 1 N–H and O–H groups in total. The van der Waals surface area contributed by atoms with Crippen LogP contribution >= 0.6 is 0 Å². The standard InChI is InChI=1S/C23H24N6O2/c1-16-15-19(27-31-16)24-23(30)21(17-7-3-2-4-8-17)28-13-10-18(11-14-28)22-26-25-20-9-5-6-12-29(20)22/h2-9,12,15,18,21H,10-11,13-14H2,1H3,(H,24,27,30). The predicted octanol–water partition coefficient (Wildman–Crippen LogP) is 3.59. The number of benzene rings is 1. The zero-order chi connectivity index (χ0) is 21.2. The average molecular weight is 416 g/mol. The molecule has 4 aromatic rings. The Bertz CT molecular complexity index is 1180. The van der Waals surface area contributed by atoms with E-state index >= 15 is 0 Å². The zero-order valence-electron chi connectivity index (χ0n) is 17.3. The second-order valence-electron chi connectivity index (χ2n) is 7.92. The fourth-order valence-corrected chi connectivity index (χ4v) is 4.34. The first-order valence-corrected chi connectivity index (χ1v) is 10.5. The summed E-state index contributed by atoms with van der Waals surface area (Å²) >= 11 is 0. The number of amides is 1. The van der Waals surface area contributed by atoms with Crippen molar-refractivity contribution in [3.63, 3.8) is 0 Å². The molecular formula is C23H24N6O2. The van der Waals surface area contributed by atoms with Crippen molar-refractivity contribution in [3.8, 4) is 0 Å². The van der Waals surface area contributed by atoms with Crippen LogP contribution in [0.4, 0.5) is 5.82 Å². The molecule has 1 saturated heterocycles. The summed E-state index contributed by atoms with van der Waals surface area (Å²) in [5.41, 5.74) is 1.83. The molecule has 0 spiro atoms. The van der Waals surface area contributed by atoms with Crippen molar-refractivity contribution in [2.75, 3.05) is 18.4 Å². The van der Waals surface area contributed by atoms with E-state index in [-0.39, 0.29) is 5.91 Å². The highest BCUT2D eigenvalue weighted by Crippen LogP contribution is 2.32. The van der Waals surface area contributed by atoms with Crippen LogP contribution in [0.25, 0.3) is 5.65 Å². The molecule has 8 nitrogen and oxygen atoms in total. The summed E-state index contributed by atoms with van der Waals surface area (Å²) in [7, 11) is 0. The van der Waals surface area contributed by atoms with Crippen LogP contribution in [-0.4, -0.2) is 43.7 Å². The molecule has 8 heteroatoms. The first kappa shape index (κ1) is 19.4. The van der Waals surface area contributed by atoms with Crippen molar-refractivity contribution in [1.82, 2.24) is 24.7 Å². The highest BCUT2D eigenvalue weighted by molar-refractivity contribution is 5.94. The van der Waals surface area contributed by atoms with Gasteiger partial charge in [0, 0.05) is 18.2 Å². The number of anilines is 1. The van der Waals surface area contributed by atoms with E-state index in [4.69, 9.17) is 4.52 Å². The lowest BCUT2D eigenvalue weighted by Gasteiger charge is -2.36. The van der Waals surface area contributed by atoms with Gasteiger partial charge in [-0.25, -0.2) is 0 Å². The number of rotatable bonds is 5. The molecule has 0 bridgehead atoms. The van der Waals surface area contributed by atoms with Crippen LogP contribution in [-0.2, 0) is 4.79 Å². The maximum absolute atomic E-state index is 13.2. The Kier molecular flexibility index (Phi) is 5.21. The van der Waals surface area contributed by atoms with E-state index in [0.717, 1.165) is 43.0 Å². The number of pyridine rings is 1. The SMILES string of the molecule is Cc1cc(NC(=O)C(c2ccccc2)N2CCC(c3nnc4ccccn34)CC2)no1. The van der Waals surface area contributed by atoms with Gasteiger partial charge < -0.3 is 9.84 Å². The smallest absolute Gasteiger partial charge is 0.247 e. The zero-order valence-corrected chi connectivity index (χ0v) is 17.3. The fourth-order valence-electron chi connectivity index (χ4n) is 4.34. The molecule has 0 aliphatic carbocycles. The third kappa shape index (κ3) is 3.94. The minimum atomic E-state index is -0.394. The van der Waals surface area contributed by atoms with Gasteiger partial charge in [0.15, 0.2) is 11.5 Å². The van der Waals surface area contributed by atoms with Gasteiger partial charge in [0.1, 0.15) is 17.6 Å². The van der Waals surface area contributed by atoms with E-state index in [0.29, 0.717) is 17.5 Å². The molecule has 1 aliphatic rings. The first-order valence-electron chi connectivity index (χ1n) is 10.5. The van der Waals surface area contributed by atoms with Gasteiger partial charge in [-0.1, -0.05) is 41.6 Å². The van der Waals surface area contributed by atoms with Gasteiger partial charge >= 0.3 is 0 Å². The Hall–Kier alpha value is -3.52. The van der Waals surface area contributed by atoms with E-state index in [1.54, 1.807) is 13.0 Å². The number of fused-ring (bicyclic) bond motifs is 1. The lowest BCUT2D eigenvalue weighted by atomic mass is 9.93. The van der Waals surface area contributed by atoms with Crippen LogP contribution in [0.2, 0.25) is 0 Å². The van der Waals surface area contributed by atoms with Crippen molar-refractivity contribution in [3.05, 3.63) is 77.9 Å². The topological polar surface area (TPSA) is 88.6 Å². The van der Waals surface area contributed by atoms with Crippen LogP contribution in [0.3, 0.4) is 0 Å². The number of hydrogen-bond acceptors (Lipinski definition) is 6. The number of piperidine rings is 1. The molecule has 1 atom stereocenters. The molecule has 1 fully saturated rings. The number of nitrogens with zero attached hydrogens (tertiary/aromatic N) is 5. The average Bonchev–Trinajstić information content (AvgIpc) is 3.41. The third-order valence-electron chi connectivity index (χ3n) is 5.84. The highest BCUT2D eigenvalue weighted by atomic mass is 16.5. The number of hydrogen-bond donors (Lipinski definition) is 1. The van der Waals surface area contributed by atoms with Crippen molar-refractivity contribution in [2.24, 2.45) is 0 Å². The summed E-state index contributed by atoms with van der Waals surface area (Å²) < 4.78 is 7.16. The lowest BCUT2D eigenvalue weighted by molar-refractivity contribution is -0.122. The van der Waals surface area contributed by atoms with Crippen LogP contribution in [0.15, 0.2) is 65.3 Å². The van der Waals surface area contributed by atoms with Gasteiger partial charge in [-0.3, -0.25) is 14.1 Å². The summed E-state index contributed by atoms with van der Waals surface area (Å²) in [6, 6.07) is 17.1. The van der Waals surface area contributed by atoms with E-state index in [9.17, 15) is 4.79 Å². The summed E-state index contributed by atoms with van der Waals surface area (Å²) in [6.45, 7) is 3.38. The molecule has 31 heavy (non-hydrogen) atoms. The van der Waals surface area contributed by atoms with Gasteiger partial charge in [-0.2, -0.15) is 0 Å². The Morgan fingerprint density at radius 3 is 2.61 bits per heavy atom. The van der Waals surface area contributed by atoms with Crippen molar-refractivity contribution in [1.29, 1.82) is 0 Å². The van der Waals surface area contributed by atoms with E-state index in [1.807, 2.05) is 54.7 Å². The molecule has 4 heterocycles. The van der Waals surface area contributed by atoms with Crippen LogP contribution < -0.4 is 5.32 Å². The molecule has 1 aromatic carbocycles. The number of nitrogens with one attached hydrogen (secondary N) is 1. The summed E-state index contributed by atoms with van der Waals surface area (Å²) in [6.07, 6.45) is 3.84. The molecule has 5 rings (SSSR count). The number of aromatic nitrogens is 4. The van der Waals surface area contributed by atoms with Crippen LogP contribution in [0.1, 0.15) is 41.9 Å². The quantitative estimate of drug-likeness (QED) is 0.535. The minimum Gasteiger partial charge on any atom is -0.360 e. The highest BCUT2D eigenvalue weighted by Gasteiger charge is 2.33. The van der Waals surface area contributed by atoms with Crippen LogP contribution in [0.5, 0.6) is 0 Å². The van der Waals surface area contributed by atoms with Gasteiger partial charge in [-0.15, -0.1) is 10.2 Å². The molecule has 1 amide bonds. The Balaban J connectivity index is 1.35. The summed E-state index contributed by atoms with van der Waals surface area (Å²) in [4.78, 5) is 15.5. The van der Waals surface area contributed by atoms with Crippen molar-refractivity contribution in [2.45, 2.75) is 31.7 Å². The van der Waals surface area contributed by atoms with Gasteiger partial charge in [0.25, 0.3) is 0 Å². The molecule has 158 valence electrons. The number of carbonyl (C=O) groups is 1. The molecular weight excluding hydrogens is 392 g/mol. The largest absolute Gasteiger partial charge is 0.360 e. The predicted molar refractivity (Wildman–Crippen MR) is 116 cm³/mol. The number of likely N-dealkylation sites (tertiary alicyclic amines) is 1. The number of carbonyl (C=O) groups excluding carboxylic acids is 1. The molecule has 1 aliphatic heterocycles. The Labute approximate surface area is 179 Å². The third-order valence-corrected chi connectivity index (χ3v) is 5.84. The second kappa shape index (κ2) is 8.31.